The zero-order chi connectivity index (χ0) is 38.5. The molecule has 2 aliphatic carbocycles. The number of hydrogen-bond donors (Lipinski definition) is 0. The first-order chi connectivity index (χ1) is 23.6. The van der Waals surface area contributed by atoms with Gasteiger partial charge in [0, 0.05) is 64.6 Å². The van der Waals surface area contributed by atoms with Crippen LogP contribution in [-0.4, -0.2) is 75.7 Å². The SMILES string of the molecule is CC1(C)N=C(c2ccc3c(c2)S[C@]2(C)C3=C3C(=C4c5ccc(C6=[N+]([O-])C(C)(C)C(C)(C)[N+]6=O)cc5S[C@]42C)C(F)(F)C(F)(F)C3(F)F)N([O-])C1(C)C. The van der Waals surface area contributed by atoms with Gasteiger partial charge in [0.15, 0.2) is 0 Å². The number of alkyl halides is 6. The van der Waals surface area contributed by atoms with E-state index < -0.39 is 60.6 Å². The van der Waals surface area contributed by atoms with E-state index >= 15 is 26.3 Å². The molecule has 0 unspecified atom stereocenters. The molecule has 0 bridgehead atoms. The summed E-state index contributed by atoms with van der Waals surface area (Å²) in [6, 6.07) is 8.69. The van der Waals surface area contributed by atoms with Crippen LogP contribution in [0.25, 0.3) is 11.1 Å². The molecule has 1 fully saturated rings. The van der Waals surface area contributed by atoms with Crippen LogP contribution in [0.1, 0.15) is 91.5 Å². The third kappa shape index (κ3) is 3.60. The highest BCUT2D eigenvalue weighted by molar-refractivity contribution is 8.06. The molecule has 7 nitrogen and oxygen atoms in total. The third-order valence-corrected chi connectivity index (χ3v) is 16.4. The van der Waals surface area contributed by atoms with Crippen molar-refractivity contribution in [3.05, 3.63) is 85.1 Å². The molecule has 4 aliphatic heterocycles. The summed E-state index contributed by atoms with van der Waals surface area (Å²) in [7, 11) is 0. The number of hydroxylamine groups is 3. The van der Waals surface area contributed by atoms with Gasteiger partial charge in [0.2, 0.25) is 5.54 Å². The number of nitroso groups, excluding NO2 is 1. The van der Waals surface area contributed by atoms with Gasteiger partial charge < -0.3 is 15.5 Å². The number of fused-ring (bicyclic) bond motifs is 8. The first-order valence-corrected chi connectivity index (χ1v) is 18.4. The zero-order valence-electron chi connectivity index (χ0n) is 30.1. The molecule has 0 amide bonds. The van der Waals surface area contributed by atoms with E-state index in [4.69, 9.17) is 0 Å². The van der Waals surface area contributed by atoms with Crippen molar-refractivity contribution >= 4 is 46.3 Å². The lowest BCUT2D eigenvalue weighted by Gasteiger charge is -2.47. The first-order valence-electron chi connectivity index (χ1n) is 16.8. The summed E-state index contributed by atoms with van der Waals surface area (Å²) in [4.78, 5) is 18.8. The molecule has 0 radical (unpaired) electrons. The minimum absolute atomic E-state index is 0.0493. The van der Waals surface area contributed by atoms with Gasteiger partial charge in [-0.2, -0.15) is 26.3 Å². The number of benzene rings is 2. The molecule has 2 aromatic rings. The average Bonchev–Trinajstić information content (AvgIpc) is 3.63. The van der Waals surface area contributed by atoms with E-state index in [9.17, 15) is 15.3 Å². The maximum atomic E-state index is 16.2. The fraction of sp³-hybridized carbons (Fsp3) is 0.514. The van der Waals surface area contributed by atoms with Crippen molar-refractivity contribution < 1.29 is 35.8 Å². The fourth-order valence-electron chi connectivity index (χ4n) is 8.25. The van der Waals surface area contributed by atoms with Gasteiger partial charge in [0.05, 0.1) is 15.0 Å². The Morgan fingerprint density at radius 1 is 0.673 bits per heavy atom. The summed E-state index contributed by atoms with van der Waals surface area (Å²) in [6.07, 6.45) is 0. The predicted molar refractivity (Wildman–Crippen MR) is 190 cm³/mol. The second-order valence-electron chi connectivity index (χ2n) is 16.8. The monoisotopic (exact) mass is 762 g/mol. The molecule has 6 aliphatic rings. The Labute approximate surface area is 305 Å². The Bertz CT molecular complexity index is 2240. The maximum Gasteiger partial charge on any atom is 0.504 e. The van der Waals surface area contributed by atoms with Crippen LogP contribution < -0.4 is 0 Å². The van der Waals surface area contributed by atoms with E-state index in [1.54, 1.807) is 61.5 Å². The van der Waals surface area contributed by atoms with Gasteiger partial charge in [0.25, 0.3) is 5.54 Å². The van der Waals surface area contributed by atoms with Crippen LogP contribution in [0.5, 0.6) is 0 Å². The average molecular weight is 763 g/mol. The van der Waals surface area contributed by atoms with Crippen LogP contribution in [-0.2, 0) is 0 Å². The van der Waals surface area contributed by atoms with Gasteiger partial charge in [-0.15, -0.1) is 28.3 Å². The second kappa shape index (κ2) is 9.49. The molecule has 8 rings (SSSR count). The minimum Gasteiger partial charge on any atom is -0.757 e. The van der Waals surface area contributed by atoms with Crippen LogP contribution in [0.2, 0.25) is 0 Å². The van der Waals surface area contributed by atoms with E-state index in [-0.39, 0.29) is 44.4 Å². The van der Waals surface area contributed by atoms with Crippen LogP contribution in [0.4, 0.5) is 26.3 Å². The molecule has 52 heavy (non-hydrogen) atoms. The third-order valence-electron chi connectivity index (χ3n) is 13.2. The largest absolute Gasteiger partial charge is 0.757 e. The van der Waals surface area contributed by atoms with Gasteiger partial charge in [-0.3, -0.25) is 4.99 Å². The molecule has 0 spiro atoms. The smallest absolute Gasteiger partial charge is 0.504 e. The van der Waals surface area contributed by atoms with Gasteiger partial charge in [-0.05, 0) is 82.0 Å². The quantitative estimate of drug-likeness (QED) is 0.172. The van der Waals surface area contributed by atoms with Crippen LogP contribution in [0, 0.1) is 15.3 Å². The Morgan fingerprint density at radius 3 is 1.52 bits per heavy atom. The standard InChI is InChI=1S/C37H36F6N4O3S2/c1-29(2)30(3,4)45(48)27(44-29)17-11-13-19-21(15-17)51-33(9)23(19)25-26(36(40,41)37(42,43)35(25,38)39)24-20-14-12-18(16-22(20)52-34(24,33)10)28-46(49)31(5,6)32(7,8)47(28)50/h11-16H,1-10H3/t33-,34-/m1/s1. The van der Waals surface area contributed by atoms with Crippen LogP contribution in [0.15, 0.2) is 62.3 Å². The summed E-state index contributed by atoms with van der Waals surface area (Å²) in [5.41, 5.74) is -6.80. The number of rotatable bonds is 2. The molecule has 2 aromatic carbocycles. The molecule has 0 N–H and O–H groups in total. The molecule has 15 heteroatoms. The van der Waals surface area contributed by atoms with Crippen LogP contribution >= 0.6 is 23.5 Å². The molecular weight excluding hydrogens is 727 g/mol. The van der Waals surface area contributed by atoms with Gasteiger partial charge in [0.1, 0.15) is 16.2 Å². The lowest BCUT2D eigenvalue weighted by molar-refractivity contribution is -0.555. The van der Waals surface area contributed by atoms with Crippen molar-refractivity contribution in [1.82, 2.24) is 5.06 Å². The normalized spacial score (nSPS) is 31.8. The molecule has 0 saturated heterocycles. The Morgan fingerprint density at radius 2 is 1.12 bits per heavy atom. The topological polar surface area (TPSA) is 84.8 Å². The number of nitrogens with zero attached hydrogens (tertiary/aromatic N) is 4. The van der Waals surface area contributed by atoms with Crippen molar-refractivity contribution in [3.63, 3.8) is 0 Å². The Balaban J connectivity index is 1.36. The van der Waals surface area contributed by atoms with E-state index in [1.165, 1.54) is 30.3 Å². The maximum absolute atomic E-state index is 16.2. The van der Waals surface area contributed by atoms with E-state index in [1.807, 2.05) is 13.8 Å². The van der Waals surface area contributed by atoms with E-state index in [2.05, 4.69) is 4.99 Å². The van der Waals surface area contributed by atoms with Crippen molar-refractivity contribution in [2.75, 3.05) is 0 Å². The summed E-state index contributed by atoms with van der Waals surface area (Å²) in [6.45, 7) is 16.8. The van der Waals surface area contributed by atoms with E-state index in [0.717, 1.165) is 28.6 Å². The number of hydrogen-bond acceptors (Lipinski definition) is 7. The molecular formula is C37H36F6N4O3S2. The molecule has 276 valence electrons. The predicted octanol–water partition coefficient (Wildman–Crippen LogP) is 9.28. The van der Waals surface area contributed by atoms with Gasteiger partial charge >= 0.3 is 23.6 Å². The minimum atomic E-state index is -5.75. The number of amidine groups is 2. The Kier molecular flexibility index (Phi) is 6.52. The van der Waals surface area contributed by atoms with Crippen molar-refractivity contribution in [2.24, 2.45) is 4.99 Å². The number of halogens is 6. The molecule has 1 saturated carbocycles. The fourth-order valence-corrected chi connectivity index (χ4v) is 11.5. The Hall–Kier alpha value is -3.30. The molecule has 4 heterocycles. The van der Waals surface area contributed by atoms with Gasteiger partial charge in [-0.1, -0.05) is 18.2 Å². The molecule has 0 aromatic heterocycles. The number of thioether (sulfide) groups is 2. The highest BCUT2D eigenvalue weighted by Crippen LogP contribution is 2.78. The highest BCUT2D eigenvalue weighted by Gasteiger charge is 2.85. The van der Waals surface area contributed by atoms with Crippen LogP contribution in [0.3, 0.4) is 0 Å². The van der Waals surface area contributed by atoms with Crippen molar-refractivity contribution in [2.45, 2.75) is 128 Å². The summed E-state index contributed by atoms with van der Waals surface area (Å²) >= 11 is 2.14. The second-order valence-corrected chi connectivity index (χ2v) is 19.7. The first kappa shape index (κ1) is 35.7. The highest BCUT2D eigenvalue weighted by atomic mass is 32.2. The molecule has 2 atom stereocenters. The summed E-state index contributed by atoms with van der Waals surface area (Å²) in [5.74, 6) is -16.4. The zero-order valence-corrected chi connectivity index (χ0v) is 31.7. The van der Waals surface area contributed by atoms with E-state index in [0.29, 0.717) is 20.0 Å². The van der Waals surface area contributed by atoms with Crippen molar-refractivity contribution in [1.29, 1.82) is 0 Å². The number of aliphatic imine (C=N–C) groups is 1. The number of allylic oxidation sites excluding steroid dienone is 2. The van der Waals surface area contributed by atoms with Crippen molar-refractivity contribution in [3.8, 4) is 0 Å². The lowest BCUT2D eigenvalue weighted by Crippen LogP contribution is -2.50. The lowest BCUT2D eigenvalue weighted by atomic mass is 9.68. The summed E-state index contributed by atoms with van der Waals surface area (Å²) in [5, 5.41) is 27.7. The summed E-state index contributed by atoms with van der Waals surface area (Å²) < 4.78 is 94.0. The van der Waals surface area contributed by atoms with Gasteiger partial charge in [-0.25, -0.2) is 0 Å².